The van der Waals surface area contributed by atoms with Crippen molar-refractivity contribution in [1.29, 1.82) is 0 Å². The summed E-state index contributed by atoms with van der Waals surface area (Å²) in [5, 5.41) is 0. The van der Waals surface area contributed by atoms with Crippen LogP contribution in [0.2, 0.25) is 0 Å². The lowest BCUT2D eigenvalue weighted by Gasteiger charge is -2.29. The first-order valence-electron chi connectivity index (χ1n) is 6.74. The molecular weight excluding hydrogens is 214 g/mol. The van der Waals surface area contributed by atoms with Crippen molar-refractivity contribution < 1.29 is 9.53 Å². The molecule has 1 rings (SSSR count). The topological polar surface area (TPSA) is 52.3 Å². The van der Waals surface area contributed by atoms with Crippen molar-refractivity contribution in [2.24, 2.45) is 17.1 Å². The van der Waals surface area contributed by atoms with Gasteiger partial charge in [-0.25, -0.2) is 0 Å². The smallest absolute Gasteiger partial charge is 0.307 e. The Labute approximate surface area is 105 Å². The maximum Gasteiger partial charge on any atom is 0.307 e. The quantitative estimate of drug-likeness (QED) is 0.773. The molecular formula is C14H27NO2. The first-order chi connectivity index (χ1) is 7.79. The summed E-state index contributed by atoms with van der Waals surface area (Å²) in [6.07, 6.45) is 4.91. The number of carbonyl (C=O) groups excluding carboxylic acids is 1. The van der Waals surface area contributed by atoms with Crippen LogP contribution in [0.4, 0.5) is 0 Å². The Morgan fingerprint density at radius 1 is 1.41 bits per heavy atom. The highest BCUT2D eigenvalue weighted by atomic mass is 16.5. The molecule has 0 spiro atoms. The number of carbonyl (C=O) groups is 1. The molecule has 100 valence electrons. The summed E-state index contributed by atoms with van der Waals surface area (Å²) in [6.45, 7) is 8.37. The van der Waals surface area contributed by atoms with E-state index in [-0.39, 0.29) is 23.5 Å². The Morgan fingerprint density at radius 2 is 2.06 bits per heavy atom. The van der Waals surface area contributed by atoms with Gasteiger partial charge in [0.15, 0.2) is 0 Å². The first kappa shape index (κ1) is 14.5. The van der Waals surface area contributed by atoms with E-state index in [0.29, 0.717) is 12.3 Å². The van der Waals surface area contributed by atoms with Gasteiger partial charge in [0.25, 0.3) is 0 Å². The SMILES string of the molecule is CC1CCCC(OC(=O)CC(N)C(C)(C)C)C1. The lowest BCUT2D eigenvalue weighted by Crippen LogP contribution is -2.38. The van der Waals surface area contributed by atoms with Crippen molar-refractivity contribution in [2.75, 3.05) is 0 Å². The normalized spacial score (nSPS) is 27.6. The Bertz CT molecular complexity index is 257. The van der Waals surface area contributed by atoms with Gasteiger partial charge in [0.2, 0.25) is 0 Å². The van der Waals surface area contributed by atoms with Gasteiger partial charge in [-0.2, -0.15) is 0 Å². The van der Waals surface area contributed by atoms with Gasteiger partial charge in [-0.05, 0) is 30.6 Å². The summed E-state index contributed by atoms with van der Waals surface area (Å²) in [7, 11) is 0. The van der Waals surface area contributed by atoms with Gasteiger partial charge >= 0.3 is 5.97 Å². The van der Waals surface area contributed by atoms with E-state index >= 15 is 0 Å². The van der Waals surface area contributed by atoms with E-state index in [9.17, 15) is 4.79 Å². The van der Waals surface area contributed by atoms with E-state index in [1.165, 1.54) is 12.8 Å². The lowest BCUT2D eigenvalue weighted by atomic mass is 9.85. The van der Waals surface area contributed by atoms with E-state index in [4.69, 9.17) is 10.5 Å². The Kier molecular flexibility index (Phi) is 4.99. The van der Waals surface area contributed by atoms with Crippen LogP contribution in [0.25, 0.3) is 0 Å². The summed E-state index contributed by atoms with van der Waals surface area (Å²) in [6, 6.07) is -0.129. The molecule has 0 bridgehead atoms. The molecule has 17 heavy (non-hydrogen) atoms. The molecule has 0 aliphatic heterocycles. The molecule has 1 saturated carbocycles. The van der Waals surface area contributed by atoms with Crippen LogP contribution in [0.3, 0.4) is 0 Å². The predicted octanol–water partition coefficient (Wildman–Crippen LogP) is 2.87. The van der Waals surface area contributed by atoms with E-state index in [2.05, 4.69) is 6.92 Å². The molecule has 3 nitrogen and oxygen atoms in total. The number of esters is 1. The maximum atomic E-state index is 11.8. The molecule has 1 aliphatic carbocycles. The van der Waals surface area contributed by atoms with Gasteiger partial charge in [0.1, 0.15) is 6.10 Å². The monoisotopic (exact) mass is 241 g/mol. The van der Waals surface area contributed by atoms with Crippen molar-refractivity contribution >= 4 is 5.97 Å². The fraction of sp³-hybridized carbons (Fsp3) is 0.929. The Morgan fingerprint density at radius 3 is 2.59 bits per heavy atom. The third-order valence-corrected chi connectivity index (χ3v) is 3.69. The fourth-order valence-corrected chi connectivity index (χ4v) is 2.21. The minimum Gasteiger partial charge on any atom is -0.462 e. The molecule has 3 atom stereocenters. The van der Waals surface area contributed by atoms with Crippen LogP contribution in [-0.2, 0) is 9.53 Å². The van der Waals surface area contributed by atoms with Gasteiger partial charge in [-0.15, -0.1) is 0 Å². The minimum atomic E-state index is -0.133. The summed E-state index contributed by atoms with van der Waals surface area (Å²) >= 11 is 0. The summed E-state index contributed by atoms with van der Waals surface area (Å²) in [5.41, 5.74) is 5.94. The van der Waals surface area contributed by atoms with E-state index in [1.807, 2.05) is 20.8 Å². The zero-order valence-corrected chi connectivity index (χ0v) is 11.7. The summed E-state index contributed by atoms with van der Waals surface area (Å²) in [4.78, 5) is 11.8. The second-order valence-electron chi connectivity index (χ2n) is 6.56. The van der Waals surface area contributed by atoms with Crippen molar-refractivity contribution in [3.8, 4) is 0 Å². The highest BCUT2D eigenvalue weighted by Crippen LogP contribution is 2.26. The van der Waals surface area contributed by atoms with E-state index in [0.717, 1.165) is 12.8 Å². The first-order valence-corrected chi connectivity index (χ1v) is 6.74. The molecule has 0 radical (unpaired) electrons. The number of hydrogen-bond donors (Lipinski definition) is 1. The van der Waals surface area contributed by atoms with Crippen LogP contribution in [0, 0.1) is 11.3 Å². The number of nitrogens with two attached hydrogens (primary N) is 1. The zero-order valence-electron chi connectivity index (χ0n) is 11.7. The molecule has 0 aromatic carbocycles. The largest absolute Gasteiger partial charge is 0.462 e. The lowest BCUT2D eigenvalue weighted by molar-refractivity contribution is -0.152. The predicted molar refractivity (Wildman–Crippen MR) is 69.6 cm³/mol. The number of hydrogen-bond acceptors (Lipinski definition) is 3. The average Bonchev–Trinajstić information content (AvgIpc) is 2.15. The second-order valence-corrected chi connectivity index (χ2v) is 6.56. The summed E-state index contributed by atoms with van der Waals surface area (Å²) < 4.78 is 5.51. The van der Waals surface area contributed by atoms with Crippen molar-refractivity contribution in [1.82, 2.24) is 0 Å². The van der Waals surface area contributed by atoms with Crippen molar-refractivity contribution in [2.45, 2.75) is 71.9 Å². The number of ether oxygens (including phenoxy) is 1. The van der Waals surface area contributed by atoms with E-state index in [1.54, 1.807) is 0 Å². The standard InChI is InChI=1S/C14H27NO2/c1-10-6-5-7-11(8-10)17-13(16)9-12(15)14(2,3)4/h10-12H,5-9,15H2,1-4H3. The molecule has 0 saturated heterocycles. The molecule has 0 aromatic rings. The second kappa shape index (κ2) is 5.85. The average molecular weight is 241 g/mol. The molecule has 1 fully saturated rings. The van der Waals surface area contributed by atoms with Crippen LogP contribution < -0.4 is 5.73 Å². The Hall–Kier alpha value is -0.570. The van der Waals surface area contributed by atoms with Crippen molar-refractivity contribution in [3.05, 3.63) is 0 Å². The van der Waals surface area contributed by atoms with Gasteiger partial charge in [0, 0.05) is 6.04 Å². The van der Waals surface area contributed by atoms with Gasteiger partial charge < -0.3 is 10.5 Å². The van der Waals surface area contributed by atoms with Crippen molar-refractivity contribution in [3.63, 3.8) is 0 Å². The summed E-state index contributed by atoms with van der Waals surface area (Å²) in [5.74, 6) is 0.546. The van der Waals surface area contributed by atoms with Gasteiger partial charge in [-0.3, -0.25) is 4.79 Å². The zero-order chi connectivity index (χ0) is 13.1. The molecule has 2 N–H and O–H groups in total. The highest BCUT2D eigenvalue weighted by Gasteiger charge is 2.26. The highest BCUT2D eigenvalue weighted by molar-refractivity contribution is 5.70. The third-order valence-electron chi connectivity index (χ3n) is 3.69. The van der Waals surface area contributed by atoms with Crippen LogP contribution in [0.1, 0.15) is 59.8 Å². The number of rotatable bonds is 3. The Balaban J connectivity index is 2.34. The minimum absolute atomic E-state index is 0.0428. The third kappa shape index (κ3) is 5.07. The van der Waals surface area contributed by atoms with Gasteiger partial charge in [-0.1, -0.05) is 34.1 Å². The molecule has 0 heterocycles. The molecule has 1 aliphatic rings. The van der Waals surface area contributed by atoms with E-state index < -0.39 is 0 Å². The molecule has 3 heteroatoms. The van der Waals surface area contributed by atoms with Gasteiger partial charge in [0.05, 0.1) is 6.42 Å². The fourth-order valence-electron chi connectivity index (χ4n) is 2.21. The maximum absolute atomic E-state index is 11.8. The van der Waals surface area contributed by atoms with Crippen LogP contribution in [0.5, 0.6) is 0 Å². The molecule has 0 aromatic heterocycles. The van der Waals surface area contributed by atoms with Crippen LogP contribution >= 0.6 is 0 Å². The van der Waals surface area contributed by atoms with Crippen LogP contribution in [0.15, 0.2) is 0 Å². The molecule has 3 unspecified atom stereocenters. The molecule has 0 amide bonds. The van der Waals surface area contributed by atoms with Crippen LogP contribution in [-0.4, -0.2) is 18.1 Å².